The fraction of sp³-hybridized carbons (Fsp3) is 0.154. The second-order valence-electron chi connectivity index (χ2n) is 8.19. The normalized spacial score (nSPS) is 13.8. The number of Topliss-reactive ketones (excluding diaryl/α,β-unsaturated/α-hetero) is 1. The number of allylic oxidation sites excluding steroid dienone is 1. The maximum absolute atomic E-state index is 13.8. The minimum Gasteiger partial charge on any atom is -0.486 e. The zero-order valence-electron chi connectivity index (χ0n) is 18.9. The zero-order chi connectivity index (χ0) is 26.2. The molecule has 0 atom stereocenters. The van der Waals surface area contributed by atoms with Crippen molar-refractivity contribution < 1.29 is 37.3 Å². The number of aromatic nitrogens is 2. The number of rotatable bonds is 6. The summed E-state index contributed by atoms with van der Waals surface area (Å²) in [5.41, 5.74) is 0.509. The van der Waals surface area contributed by atoms with E-state index in [1.165, 1.54) is 36.4 Å². The molecule has 0 spiro atoms. The van der Waals surface area contributed by atoms with Crippen LogP contribution in [0.3, 0.4) is 0 Å². The molecule has 0 bridgehead atoms. The number of carbonyl (C=O) groups is 2. The number of aliphatic carboxylic acids is 1. The van der Waals surface area contributed by atoms with Gasteiger partial charge in [0.15, 0.2) is 17.3 Å². The molecular formula is C26H17F3N2O5S. The van der Waals surface area contributed by atoms with E-state index in [4.69, 9.17) is 9.47 Å². The van der Waals surface area contributed by atoms with Gasteiger partial charge in [-0.15, -0.1) is 0 Å². The van der Waals surface area contributed by atoms with Gasteiger partial charge in [-0.2, -0.15) is 21.9 Å². The highest BCUT2D eigenvalue weighted by atomic mass is 32.1. The molecule has 0 amide bonds. The van der Waals surface area contributed by atoms with E-state index in [-0.39, 0.29) is 28.7 Å². The van der Waals surface area contributed by atoms with Crippen LogP contribution < -0.4 is 9.47 Å². The number of benzene rings is 3. The van der Waals surface area contributed by atoms with Gasteiger partial charge < -0.3 is 14.6 Å². The molecule has 1 aromatic heterocycles. The number of carboxylic acid groups (broad SMARTS) is 1. The number of carboxylic acids is 1. The zero-order valence-corrected chi connectivity index (χ0v) is 19.7. The lowest BCUT2D eigenvalue weighted by atomic mass is 9.89. The predicted octanol–water partition coefficient (Wildman–Crippen LogP) is 5.45. The van der Waals surface area contributed by atoms with Crippen LogP contribution in [0.2, 0.25) is 0 Å². The van der Waals surface area contributed by atoms with Gasteiger partial charge in [-0.3, -0.25) is 4.79 Å². The molecule has 0 fully saturated rings. The van der Waals surface area contributed by atoms with E-state index in [2.05, 4.69) is 8.75 Å². The molecule has 1 aliphatic rings. The largest absolute Gasteiger partial charge is 0.486 e. The number of hydrogen-bond acceptors (Lipinski definition) is 7. The Morgan fingerprint density at radius 3 is 2.24 bits per heavy atom. The number of nitrogens with zero attached hydrogens (tertiary/aromatic N) is 2. The summed E-state index contributed by atoms with van der Waals surface area (Å²) in [6.07, 6.45) is -4.75. The van der Waals surface area contributed by atoms with Crippen LogP contribution in [0.1, 0.15) is 27.0 Å². The van der Waals surface area contributed by atoms with Crippen molar-refractivity contribution in [1.82, 2.24) is 8.75 Å². The molecule has 5 rings (SSSR count). The van der Waals surface area contributed by atoms with E-state index in [0.29, 0.717) is 41.3 Å². The van der Waals surface area contributed by atoms with Crippen molar-refractivity contribution in [2.24, 2.45) is 0 Å². The average molecular weight is 526 g/mol. The minimum absolute atomic E-state index is 0.105. The number of ketones is 1. The average Bonchev–Trinajstić information content (AvgIpc) is 3.35. The summed E-state index contributed by atoms with van der Waals surface area (Å²) in [5.74, 6) is -1.17. The Kier molecular flexibility index (Phi) is 6.38. The quantitative estimate of drug-likeness (QED) is 0.264. The number of carbonyl (C=O) groups excluding carboxylic acids is 1. The highest BCUT2D eigenvalue weighted by molar-refractivity contribution is 7.00. The third-order valence-corrected chi connectivity index (χ3v) is 6.36. The van der Waals surface area contributed by atoms with E-state index in [0.717, 1.165) is 23.9 Å². The summed E-state index contributed by atoms with van der Waals surface area (Å²) in [7, 11) is 0. The van der Waals surface area contributed by atoms with Crippen molar-refractivity contribution in [2.45, 2.75) is 12.6 Å². The fourth-order valence-corrected chi connectivity index (χ4v) is 4.54. The van der Waals surface area contributed by atoms with Crippen LogP contribution in [0.15, 0.2) is 66.2 Å². The first-order valence-corrected chi connectivity index (χ1v) is 11.7. The first-order valence-electron chi connectivity index (χ1n) is 11.0. The number of hydrogen-bond donors (Lipinski definition) is 1. The lowest BCUT2D eigenvalue weighted by molar-refractivity contribution is -0.137. The van der Waals surface area contributed by atoms with Crippen molar-refractivity contribution in [3.05, 3.63) is 88.5 Å². The summed E-state index contributed by atoms with van der Waals surface area (Å²) >= 11 is 0.964. The van der Waals surface area contributed by atoms with Gasteiger partial charge >= 0.3 is 12.1 Å². The smallest absolute Gasteiger partial charge is 0.416 e. The van der Waals surface area contributed by atoms with Crippen LogP contribution in [-0.4, -0.2) is 38.8 Å². The van der Waals surface area contributed by atoms with Crippen molar-refractivity contribution in [2.75, 3.05) is 13.2 Å². The molecule has 37 heavy (non-hydrogen) atoms. The lowest BCUT2D eigenvalue weighted by Crippen LogP contribution is -2.17. The molecule has 3 aromatic carbocycles. The molecule has 7 nitrogen and oxygen atoms in total. The lowest BCUT2D eigenvalue weighted by Gasteiger charge is -2.19. The molecule has 0 radical (unpaired) electrons. The number of halogens is 3. The van der Waals surface area contributed by atoms with Crippen LogP contribution in [0.4, 0.5) is 13.2 Å². The highest BCUT2D eigenvalue weighted by Crippen LogP contribution is 2.34. The monoisotopic (exact) mass is 526 g/mol. The number of alkyl halides is 3. The Bertz CT molecular complexity index is 1540. The fourth-order valence-electron chi connectivity index (χ4n) is 4.02. The maximum atomic E-state index is 13.8. The Hall–Kier alpha value is -4.25. The van der Waals surface area contributed by atoms with Gasteiger partial charge in [0.05, 0.1) is 22.9 Å². The second-order valence-corrected chi connectivity index (χ2v) is 8.71. The highest BCUT2D eigenvalue weighted by Gasteiger charge is 2.30. The second kappa shape index (κ2) is 9.66. The Balaban J connectivity index is 1.64. The van der Waals surface area contributed by atoms with Crippen molar-refractivity contribution in [3.8, 4) is 11.5 Å². The third-order valence-electron chi connectivity index (χ3n) is 5.80. The topological polar surface area (TPSA) is 98.6 Å². The Labute approximate surface area is 212 Å². The SMILES string of the molecule is O=C(O)/C(=C(\Cc1ccc(C(F)(F)F)cc1)C(=O)c1ccc2c(c1)OCCO2)c1ccc2nsnc2c1. The van der Waals surface area contributed by atoms with E-state index < -0.39 is 23.5 Å². The molecule has 0 aliphatic carbocycles. The number of ether oxygens (including phenoxy) is 2. The molecule has 0 saturated heterocycles. The third kappa shape index (κ3) is 5.03. The first kappa shape index (κ1) is 24.4. The number of fused-ring (bicyclic) bond motifs is 2. The van der Waals surface area contributed by atoms with Crippen LogP contribution in [-0.2, 0) is 17.4 Å². The molecular weight excluding hydrogens is 509 g/mol. The van der Waals surface area contributed by atoms with Gasteiger partial charge in [0.1, 0.15) is 24.2 Å². The van der Waals surface area contributed by atoms with Gasteiger partial charge in [-0.1, -0.05) is 18.2 Å². The predicted molar refractivity (Wildman–Crippen MR) is 129 cm³/mol. The summed E-state index contributed by atoms with van der Waals surface area (Å²) in [4.78, 5) is 26.3. The first-order chi connectivity index (χ1) is 17.7. The van der Waals surface area contributed by atoms with Gasteiger partial charge in [0.25, 0.3) is 0 Å². The summed E-state index contributed by atoms with van der Waals surface area (Å²) < 4.78 is 58.5. The summed E-state index contributed by atoms with van der Waals surface area (Å²) in [6.45, 7) is 0.650. The molecule has 1 N–H and O–H groups in total. The van der Waals surface area contributed by atoms with Crippen molar-refractivity contribution >= 4 is 40.1 Å². The van der Waals surface area contributed by atoms with E-state index in [9.17, 15) is 27.9 Å². The van der Waals surface area contributed by atoms with E-state index in [1.807, 2.05) is 0 Å². The summed E-state index contributed by atoms with van der Waals surface area (Å²) in [6, 6.07) is 13.4. The van der Waals surface area contributed by atoms with Gasteiger partial charge in [0.2, 0.25) is 0 Å². The summed E-state index contributed by atoms with van der Waals surface area (Å²) in [5, 5.41) is 10.2. The molecule has 1 aliphatic heterocycles. The Morgan fingerprint density at radius 1 is 0.865 bits per heavy atom. The van der Waals surface area contributed by atoms with Crippen LogP contribution >= 0.6 is 11.7 Å². The van der Waals surface area contributed by atoms with Gasteiger partial charge in [-0.05, 0) is 53.6 Å². The van der Waals surface area contributed by atoms with E-state index >= 15 is 0 Å². The molecule has 4 aromatic rings. The van der Waals surface area contributed by atoms with Crippen LogP contribution in [0, 0.1) is 0 Å². The molecule has 188 valence electrons. The molecule has 11 heteroatoms. The molecule has 2 heterocycles. The van der Waals surface area contributed by atoms with E-state index in [1.54, 1.807) is 12.1 Å². The molecule has 0 saturated carbocycles. The van der Waals surface area contributed by atoms with Gasteiger partial charge in [-0.25, -0.2) is 4.79 Å². The minimum atomic E-state index is -4.53. The van der Waals surface area contributed by atoms with Gasteiger partial charge in [0, 0.05) is 17.6 Å². The van der Waals surface area contributed by atoms with Crippen molar-refractivity contribution in [1.29, 1.82) is 0 Å². The maximum Gasteiger partial charge on any atom is 0.416 e. The standard InChI is InChI=1S/C26H17F3N2O5S/c27-26(28,29)17-5-1-14(2-6-17)11-18(24(32)16-4-8-21-22(13-16)36-10-9-35-21)23(25(33)34)15-3-7-19-20(12-15)31-37-30-19/h1-8,12-13H,9-11H2,(H,33,34)/b23-18+. The van der Waals surface area contributed by atoms with Crippen molar-refractivity contribution in [3.63, 3.8) is 0 Å². The Morgan fingerprint density at radius 2 is 1.54 bits per heavy atom. The molecule has 0 unspecified atom stereocenters. The van der Waals surface area contributed by atoms with Crippen LogP contribution in [0.5, 0.6) is 11.5 Å². The van der Waals surface area contributed by atoms with Crippen LogP contribution in [0.25, 0.3) is 16.6 Å².